The number of carbonyl (C=O) groups excluding carboxylic acids is 1. The molecule has 1 aromatic heterocycles. The predicted molar refractivity (Wildman–Crippen MR) is 84.9 cm³/mol. The number of nitrogens with zero attached hydrogens (tertiary/aromatic N) is 5. The Morgan fingerprint density at radius 2 is 1.96 bits per heavy atom. The summed E-state index contributed by atoms with van der Waals surface area (Å²) in [5.74, 6) is -0.541. The molecule has 3 aromatic rings. The number of anilines is 1. The van der Waals surface area contributed by atoms with E-state index < -0.39 is 10.8 Å². The number of nitro groups is 1. The normalized spacial score (nSPS) is 10.4. The molecule has 1 heterocycles. The summed E-state index contributed by atoms with van der Waals surface area (Å²) in [6.45, 7) is 1.59. The van der Waals surface area contributed by atoms with Crippen LogP contribution in [-0.4, -0.2) is 31.0 Å². The number of para-hydroxylation sites is 1. The maximum absolute atomic E-state index is 12.4. The lowest BCUT2D eigenvalue weighted by molar-refractivity contribution is -0.385. The van der Waals surface area contributed by atoms with E-state index in [0.717, 1.165) is 5.69 Å². The summed E-state index contributed by atoms with van der Waals surface area (Å²) in [5.41, 5.74) is 1.48. The molecule has 0 spiro atoms. The fourth-order valence-corrected chi connectivity index (χ4v) is 2.26. The van der Waals surface area contributed by atoms with Gasteiger partial charge >= 0.3 is 0 Å². The van der Waals surface area contributed by atoms with Crippen LogP contribution in [0.2, 0.25) is 0 Å². The molecule has 120 valence electrons. The smallest absolute Gasteiger partial charge is 0.285 e. The number of tetrazole rings is 1. The van der Waals surface area contributed by atoms with Crippen molar-refractivity contribution in [3.63, 3.8) is 0 Å². The van der Waals surface area contributed by atoms with Gasteiger partial charge in [0.25, 0.3) is 11.6 Å². The number of aromatic nitrogens is 4. The summed E-state index contributed by atoms with van der Waals surface area (Å²) in [6.07, 6.45) is 1.45. The van der Waals surface area contributed by atoms with Crippen LogP contribution in [0.1, 0.15) is 15.9 Å². The Bertz CT molecular complexity index is 890. The van der Waals surface area contributed by atoms with Crippen molar-refractivity contribution in [1.29, 1.82) is 0 Å². The Balaban J connectivity index is 1.83. The van der Waals surface area contributed by atoms with Crippen LogP contribution in [0.4, 0.5) is 11.4 Å². The van der Waals surface area contributed by atoms with Gasteiger partial charge in [-0.3, -0.25) is 14.9 Å². The van der Waals surface area contributed by atoms with E-state index in [2.05, 4.69) is 20.8 Å². The second-order valence-electron chi connectivity index (χ2n) is 4.98. The quantitative estimate of drug-likeness (QED) is 0.580. The highest BCUT2D eigenvalue weighted by molar-refractivity contribution is 6.07. The van der Waals surface area contributed by atoms with Gasteiger partial charge in [0.15, 0.2) is 0 Å². The molecule has 0 aliphatic carbocycles. The molecule has 9 heteroatoms. The first kappa shape index (κ1) is 15.3. The molecular weight excluding hydrogens is 312 g/mol. The van der Waals surface area contributed by atoms with Crippen LogP contribution in [0.25, 0.3) is 5.69 Å². The molecule has 0 saturated carbocycles. The molecule has 0 saturated heterocycles. The number of nitro benzene ring substituents is 1. The van der Waals surface area contributed by atoms with E-state index in [1.54, 1.807) is 43.3 Å². The molecule has 3 rings (SSSR count). The number of amides is 1. The zero-order valence-corrected chi connectivity index (χ0v) is 12.6. The third-order valence-electron chi connectivity index (χ3n) is 3.40. The van der Waals surface area contributed by atoms with Crippen molar-refractivity contribution in [2.24, 2.45) is 0 Å². The van der Waals surface area contributed by atoms with Crippen molar-refractivity contribution < 1.29 is 9.72 Å². The van der Waals surface area contributed by atoms with Gasteiger partial charge in [-0.1, -0.05) is 12.1 Å². The molecule has 24 heavy (non-hydrogen) atoms. The van der Waals surface area contributed by atoms with Crippen molar-refractivity contribution in [3.05, 3.63) is 70.0 Å². The zero-order chi connectivity index (χ0) is 17.1. The largest absolute Gasteiger partial charge is 0.322 e. The third-order valence-corrected chi connectivity index (χ3v) is 3.40. The molecule has 0 radical (unpaired) electrons. The van der Waals surface area contributed by atoms with Crippen molar-refractivity contribution in [1.82, 2.24) is 20.2 Å². The van der Waals surface area contributed by atoms with Crippen molar-refractivity contribution >= 4 is 17.3 Å². The summed E-state index contributed by atoms with van der Waals surface area (Å²) in [6, 6.07) is 11.4. The van der Waals surface area contributed by atoms with Crippen LogP contribution >= 0.6 is 0 Å². The Hall–Kier alpha value is -3.62. The van der Waals surface area contributed by atoms with E-state index in [9.17, 15) is 14.9 Å². The van der Waals surface area contributed by atoms with E-state index in [1.807, 2.05) is 0 Å². The monoisotopic (exact) mass is 324 g/mol. The van der Waals surface area contributed by atoms with E-state index >= 15 is 0 Å². The van der Waals surface area contributed by atoms with E-state index in [1.165, 1.54) is 17.1 Å². The van der Waals surface area contributed by atoms with E-state index in [0.29, 0.717) is 11.3 Å². The fraction of sp³-hybridized carbons (Fsp3) is 0.0667. The molecule has 0 fully saturated rings. The number of rotatable bonds is 4. The number of carbonyl (C=O) groups is 1. The minimum atomic E-state index is -0.551. The summed E-state index contributed by atoms with van der Waals surface area (Å²) >= 11 is 0. The molecule has 0 atom stereocenters. The third kappa shape index (κ3) is 2.95. The lowest BCUT2D eigenvalue weighted by atomic mass is 10.1. The minimum absolute atomic E-state index is 0.0181. The lowest BCUT2D eigenvalue weighted by Gasteiger charge is -2.08. The van der Waals surface area contributed by atoms with E-state index in [-0.39, 0.29) is 11.3 Å². The molecule has 0 aliphatic rings. The van der Waals surface area contributed by atoms with Gasteiger partial charge in [-0.25, -0.2) is 4.68 Å². The average Bonchev–Trinajstić information content (AvgIpc) is 3.09. The van der Waals surface area contributed by atoms with Gasteiger partial charge in [0.2, 0.25) is 0 Å². The van der Waals surface area contributed by atoms with E-state index in [4.69, 9.17) is 0 Å². The van der Waals surface area contributed by atoms with Gasteiger partial charge in [-0.05, 0) is 47.7 Å². The topological polar surface area (TPSA) is 116 Å². The Morgan fingerprint density at radius 3 is 2.58 bits per heavy atom. The van der Waals surface area contributed by atoms with Gasteiger partial charge in [0.1, 0.15) is 11.9 Å². The van der Waals surface area contributed by atoms with Crippen molar-refractivity contribution in [2.75, 3.05) is 5.32 Å². The molecule has 9 nitrogen and oxygen atoms in total. The number of hydrogen-bond donors (Lipinski definition) is 1. The van der Waals surface area contributed by atoms with Gasteiger partial charge < -0.3 is 5.32 Å². The Kier molecular flexibility index (Phi) is 3.98. The first-order chi connectivity index (χ1) is 11.6. The number of benzene rings is 2. The average molecular weight is 324 g/mol. The summed E-state index contributed by atoms with van der Waals surface area (Å²) in [7, 11) is 0. The first-order valence-corrected chi connectivity index (χ1v) is 6.95. The van der Waals surface area contributed by atoms with Crippen molar-refractivity contribution in [2.45, 2.75) is 6.92 Å². The summed E-state index contributed by atoms with van der Waals surface area (Å²) < 4.78 is 1.47. The summed E-state index contributed by atoms with van der Waals surface area (Å²) in [4.78, 5) is 23.0. The van der Waals surface area contributed by atoms with Crippen LogP contribution in [0.5, 0.6) is 0 Å². The maximum Gasteiger partial charge on any atom is 0.285 e. The van der Waals surface area contributed by atoms with Crippen LogP contribution < -0.4 is 5.32 Å². The van der Waals surface area contributed by atoms with Crippen LogP contribution in [0.15, 0.2) is 48.8 Å². The van der Waals surface area contributed by atoms with Gasteiger partial charge in [0.05, 0.1) is 10.6 Å². The molecule has 0 aliphatic heterocycles. The Morgan fingerprint density at radius 1 is 1.21 bits per heavy atom. The summed E-state index contributed by atoms with van der Waals surface area (Å²) in [5, 5.41) is 24.7. The van der Waals surface area contributed by atoms with Crippen LogP contribution in [-0.2, 0) is 0 Å². The lowest BCUT2D eigenvalue weighted by Crippen LogP contribution is -2.14. The SMILES string of the molecule is Cc1cccc(C(=O)Nc2ccc(-n3cnnn3)cc2)c1[N+](=O)[O-]. The molecule has 1 amide bonds. The van der Waals surface area contributed by atoms with Gasteiger partial charge in [-0.2, -0.15) is 0 Å². The minimum Gasteiger partial charge on any atom is -0.322 e. The first-order valence-electron chi connectivity index (χ1n) is 6.95. The molecule has 0 unspecified atom stereocenters. The highest BCUT2D eigenvalue weighted by Gasteiger charge is 2.22. The standard InChI is InChI=1S/C15H12N6O3/c1-10-3-2-4-13(14(10)21(23)24)15(22)17-11-5-7-12(8-6-11)20-9-16-18-19-20/h2-9H,1H3,(H,17,22). The fourth-order valence-electron chi connectivity index (χ4n) is 2.26. The van der Waals surface area contributed by atoms with Crippen LogP contribution in [0.3, 0.4) is 0 Å². The predicted octanol–water partition coefficient (Wildman–Crippen LogP) is 2.13. The van der Waals surface area contributed by atoms with Gasteiger partial charge in [-0.15, -0.1) is 5.10 Å². The molecule has 0 bridgehead atoms. The second kappa shape index (κ2) is 6.24. The number of hydrogen-bond acceptors (Lipinski definition) is 6. The number of aryl methyl sites for hydroxylation is 1. The van der Waals surface area contributed by atoms with Gasteiger partial charge in [0, 0.05) is 11.3 Å². The highest BCUT2D eigenvalue weighted by atomic mass is 16.6. The van der Waals surface area contributed by atoms with Crippen molar-refractivity contribution in [3.8, 4) is 5.69 Å². The number of nitrogens with one attached hydrogen (secondary N) is 1. The molecule has 2 aromatic carbocycles. The van der Waals surface area contributed by atoms with Crippen LogP contribution in [0, 0.1) is 17.0 Å². The second-order valence-corrected chi connectivity index (χ2v) is 4.98. The Labute approximate surface area is 136 Å². The highest BCUT2D eigenvalue weighted by Crippen LogP contribution is 2.24. The maximum atomic E-state index is 12.4. The molecule has 1 N–H and O–H groups in total. The zero-order valence-electron chi connectivity index (χ0n) is 12.6. The molecular formula is C15H12N6O3.